The number of aliphatic hydroxyl groups is 2. The lowest BCUT2D eigenvalue weighted by atomic mass is 9.95. The van der Waals surface area contributed by atoms with Gasteiger partial charge in [0.25, 0.3) is 0 Å². The Balaban J connectivity index is 2.23. The van der Waals surface area contributed by atoms with E-state index in [4.69, 9.17) is 10.2 Å². The fourth-order valence-electron chi connectivity index (χ4n) is 0.985. The molecule has 47 valence electrons. The lowest BCUT2D eigenvalue weighted by Gasteiger charge is -2.20. The second-order valence-electron chi connectivity index (χ2n) is 2.26. The summed E-state index contributed by atoms with van der Waals surface area (Å²) in [5.74, 6) is 0. The van der Waals surface area contributed by atoms with Crippen molar-refractivity contribution in [2.24, 2.45) is 0 Å². The van der Waals surface area contributed by atoms with E-state index in [1.165, 1.54) is 0 Å². The van der Waals surface area contributed by atoms with Gasteiger partial charge in [0.1, 0.15) is 0 Å². The Bertz CT molecular complexity index is 64.9. The second-order valence-corrected chi connectivity index (χ2v) is 2.26. The van der Waals surface area contributed by atoms with E-state index < -0.39 is 0 Å². The van der Waals surface area contributed by atoms with Crippen LogP contribution in [0.2, 0.25) is 0 Å². The summed E-state index contributed by atoms with van der Waals surface area (Å²) in [4.78, 5) is 0. The summed E-state index contributed by atoms with van der Waals surface area (Å²) in [6, 6.07) is 0. The molecule has 0 aromatic carbocycles. The number of hydrogen-bond acceptors (Lipinski definition) is 2. The predicted octanol–water partition coefficient (Wildman–Crippen LogP) is 0.0964. The Morgan fingerprint density at radius 2 is 1.62 bits per heavy atom. The van der Waals surface area contributed by atoms with E-state index in [1.807, 2.05) is 0 Å². The maximum atomic E-state index is 8.86. The molecule has 0 aliphatic heterocycles. The summed E-state index contributed by atoms with van der Waals surface area (Å²) < 4.78 is 0. The van der Waals surface area contributed by atoms with Crippen LogP contribution in [0, 0.1) is 6.42 Å². The molecule has 1 aliphatic carbocycles. The fraction of sp³-hybridized carbons (Fsp3) is 0.833. The van der Waals surface area contributed by atoms with Crippen LogP contribution in [0.3, 0.4) is 0 Å². The molecule has 2 nitrogen and oxygen atoms in total. The van der Waals surface area contributed by atoms with Crippen LogP contribution in [0.1, 0.15) is 19.3 Å². The van der Waals surface area contributed by atoms with E-state index in [-0.39, 0.29) is 12.2 Å². The van der Waals surface area contributed by atoms with Crippen molar-refractivity contribution < 1.29 is 10.2 Å². The lowest BCUT2D eigenvalue weighted by molar-refractivity contribution is 0.0948. The summed E-state index contributed by atoms with van der Waals surface area (Å²) in [6.07, 6.45) is 3.44. The maximum Gasteiger partial charge on any atom is 0.0597 e. The number of rotatable bonds is 0. The van der Waals surface area contributed by atoms with Crippen molar-refractivity contribution in [1.29, 1.82) is 0 Å². The minimum atomic E-state index is -0.362. The normalized spacial score (nSPS) is 39.8. The first-order chi connectivity index (χ1) is 3.79. The average Bonchev–Trinajstić information content (AvgIpc) is 1.64. The summed E-state index contributed by atoms with van der Waals surface area (Å²) in [5.41, 5.74) is 0. The highest BCUT2D eigenvalue weighted by Crippen LogP contribution is 2.16. The third-order valence-electron chi connectivity index (χ3n) is 1.44. The highest BCUT2D eigenvalue weighted by Gasteiger charge is 2.17. The van der Waals surface area contributed by atoms with Crippen molar-refractivity contribution in [3.8, 4) is 0 Å². The third-order valence-corrected chi connectivity index (χ3v) is 1.44. The molecule has 8 heavy (non-hydrogen) atoms. The Morgan fingerprint density at radius 1 is 1.12 bits per heavy atom. The summed E-state index contributed by atoms with van der Waals surface area (Å²) in [6.45, 7) is 0. The van der Waals surface area contributed by atoms with Crippen LogP contribution in [0.5, 0.6) is 0 Å². The molecule has 1 radical (unpaired) electrons. The summed E-state index contributed by atoms with van der Waals surface area (Å²) in [5, 5.41) is 17.7. The van der Waals surface area contributed by atoms with Crippen molar-refractivity contribution in [1.82, 2.24) is 0 Å². The van der Waals surface area contributed by atoms with Crippen LogP contribution in [0.15, 0.2) is 0 Å². The van der Waals surface area contributed by atoms with Gasteiger partial charge < -0.3 is 10.2 Å². The Morgan fingerprint density at radius 3 is 1.88 bits per heavy atom. The predicted molar refractivity (Wildman–Crippen MR) is 30.2 cm³/mol. The highest BCUT2D eigenvalue weighted by molar-refractivity contribution is 4.87. The SMILES string of the molecule is O[C@@H]1[CH][C@H](O)CCC1. The molecule has 0 saturated heterocycles. The van der Waals surface area contributed by atoms with Crippen molar-refractivity contribution in [2.75, 3.05) is 0 Å². The largest absolute Gasteiger partial charge is 0.393 e. The minimum absolute atomic E-state index is 0.362. The first kappa shape index (κ1) is 6.05. The Hall–Kier alpha value is -0.0800. The smallest absolute Gasteiger partial charge is 0.0597 e. The van der Waals surface area contributed by atoms with E-state index in [0.717, 1.165) is 19.3 Å². The molecule has 2 atom stereocenters. The Kier molecular flexibility index (Phi) is 1.86. The van der Waals surface area contributed by atoms with Gasteiger partial charge in [-0.05, 0) is 19.3 Å². The molecule has 1 aliphatic rings. The van der Waals surface area contributed by atoms with Gasteiger partial charge in [-0.1, -0.05) is 0 Å². The summed E-state index contributed by atoms with van der Waals surface area (Å²) in [7, 11) is 0. The molecule has 0 spiro atoms. The second kappa shape index (κ2) is 2.46. The minimum Gasteiger partial charge on any atom is -0.393 e. The fourth-order valence-corrected chi connectivity index (χ4v) is 0.985. The first-order valence-electron chi connectivity index (χ1n) is 3.00. The number of aliphatic hydroxyl groups excluding tert-OH is 2. The van der Waals surface area contributed by atoms with E-state index >= 15 is 0 Å². The molecular weight excluding hydrogens is 104 g/mol. The quantitative estimate of drug-likeness (QED) is 0.470. The zero-order valence-electron chi connectivity index (χ0n) is 4.75. The van der Waals surface area contributed by atoms with E-state index in [2.05, 4.69) is 0 Å². The molecule has 2 heteroatoms. The van der Waals surface area contributed by atoms with Gasteiger partial charge in [-0.15, -0.1) is 0 Å². The lowest BCUT2D eigenvalue weighted by Crippen LogP contribution is -2.23. The molecule has 0 bridgehead atoms. The van der Waals surface area contributed by atoms with Gasteiger partial charge in [0.05, 0.1) is 12.2 Å². The molecule has 0 unspecified atom stereocenters. The standard InChI is InChI=1S/C6H11O2/c7-5-2-1-3-6(8)4-5/h4-8H,1-3H2/t5-,6+. The van der Waals surface area contributed by atoms with Crippen LogP contribution >= 0.6 is 0 Å². The molecule has 0 aromatic heterocycles. The zero-order valence-corrected chi connectivity index (χ0v) is 4.75. The van der Waals surface area contributed by atoms with E-state index in [9.17, 15) is 0 Å². The van der Waals surface area contributed by atoms with Crippen LogP contribution in [-0.4, -0.2) is 22.4 Å². The molecule has 2 N–H and O–H groups in total. The Labute approximate surface area is 49.1 Å². The van der Waals surface area contributed by atoms with Crippen molar-refractivity contribution in [3.63, 3.8) is 0 Å². The van der Waals surface area contributed by atoms with Gasteiger partial charge in [0.15, 0.2) is 0 Å². The van der Waals surface area contributed by atoms with Crippen molar-refractivity contribution in [2.45, 2.75) is 31.5 Å². The molecule has 0 amide bonds. The molecule has 0 heterocycles. The van der Waals surface area contributed by atoms with Gasteiger partial charge in [-0.2, -0.15) is 0 Å². The summed E-state index contributed by atoms with van der Waals surface area (Å²) >= 11 is 0. The van der Waals surface area contributed by atoms with Crippen LogP contribution in [0.4, 0.5) is 0 Å². The van der Waals surface area contributed by atoms with Crippen LogP contribution in [0.25, 0.3) is 0 Å². The monoisotopic (exact) mass is 115 g/mol. The zero-order chi connectivity index (χ0) is 5.98. The molecule has 0 aromatic rings. The van der Waals surface area contributed by atoms with Gasteiger partial charge in [-0.25, -0.2) is 0 Å². The van der Waals surface area contributed by atoms with Gasteiger partial charge >= 0.3 is 0 Å². The van der Waals surface area contributed by atoms with E-state index in [0.29, 0.717) is 0 Å². The van der Waals surface area contributed by atoms with E-state index in [1.54, 1.807) is 6.42 Å². The molecule has 1 rings (SSSR count). The first-order valence-corrected chi connectivity index (χ1v) is 3.00. The van der Waals surface area contributed by atoms with Crippen molar-refractivity contribution >= 4 is 0 Å². The van der Waals surface area contributed by atoms with Gasteiger partial charge in [0.2, 0.25) is 0 Å². The van der Waals surface area contributed by atoms with Crippen LogP contribution < -0.4 is 0 Å². The number of hydrogen-bond donors (Lipinski definition) is 2. The maximum absolute atomic E-state index is 8.86. The van der Waals surface area contributed by atoms with Crippen LogP contribution in [-0.2, 0) is 0 Å². The topological polar surface area (TPSA) is 40.5 Å². The van der Waals surface area contributed by atoms with Crippen molar-refractivity contribution in [3.05, 3.63) is 6.42 Å². The molecule has 1 saturated carbocycles. The average molecular weight is 115 g/mol. The molecule has 1 fully saturated rings. The molecular formula is C6H11O2. The third kappa shape index (κ3) is 1.46. The highest BCUT2D eigenvalue weighted by atomic mass is 16.3. The van der Waals surface area contributed by atoms with Gasteiger partial charge in [-0.3, -0.25) is 0 Å². The van der Waals surface area contributed by atoms with Gasteiger partial charge in [0, 0.05) is 6.42 Å².